The fourth-order valence-corrected chi connectivity index (χ4v) is 2.32. The molecule has 0 radical (unpaired) electrons. The molecule has 0 aliphatic carbocycles. The molecule has 98 valence electrons. The molecule has 0 amide bonds. The van der Waals surface area contributed by atoms with E-state index in [9.17, 15) is 5.11 Å². The van der Waals surface area contributed by atoms with Crippen LogP contribution in [0, 0.1) is 12.3 Å². The highest BCUT2D eigenvalue weighted by molar-refractivity contribution is 6.30. The van der Waals surface area contributed by atoms with Crippen molar-refractivity contribution in [3.63, 3.8) is 0 Å². The number of aliphatic hydroxyl groups excluding tert-OH is 1. The lowest BCUT2D eigenvalue weighted by atomic mass is 10.0. The Labute approximate surface area is 120 Å². The van der Waals surface area contributed by atoms with Gasteiger partial charge in [0.05, 0.1) is 5.52 Å². The minimum Gasteiger partial charge on any atom is -0.376 e. The number of halogens is 1. The Bertz CT molecular complexity index is 819. The highest BCUT2D eigenvalue weighted by Crippen LogP contribution is 2.31. The second-order valence-corrected chi connectivity index (χ2v) is 4.69. The first-order valence-electron chi connectivity index (χ1n) is 5.93. The average Bonchev–Trinajstić information content (AvgIpc) is 2.86. The molecule has 4 nitrogen and oxygen atoms in total. The summed E-state index contributed by atoms with van der Waals surface area (Å²) in [6.45, 7) is 0. The smallest absolute Gasteiger partial charge is 0.144 e. The zero-order valence-electron chi connectivity index (χ0n) is 10.4. The maximum absolute atomic E-state index is 10.1. The summed E-state index contributed by atoms with van der Waals surface area (Å²) < 4.78 is 1.59. The van der Waals surface area contributed by atoms with E-state index in [1.165, 1.54) is 0 Å². The molecule has 2 heterocycles. The minimum absolute atomic E-state index is 0.581. The van der Waals surface area contributed by atoms with Crippen LogP contribution in [0.25, 0.3) is 16.8 Å². The third-order valence-electron chi connectivity index (χ3n) is 3.01. The van der Waals surface area contributed by atoms with Crippen LogP contribution in [0.1, 0.15) is 11.7 Å². The van der Waals surface area contributed by atoms with Gasteiger partial charge in [-0.15, -0.1) is 6.42 Å². The average molecular weight is 284 g/mol. The predicted molar refractivity (Wildman–Crippen MR) is 77.2 cm³/mol. The van der Waals surface area contributed by atoms with Gasteiger partial charge in [-0.25, -0.2) is 9.50 Å². The van der Waals surface area contributed by atoms with Crippen molar-refractivity contribution in [2.75, 3.05) is 0 Å². The van der Waals surface area contributed by atoms with E-state index in [0.717, 1.165) is 11.1 Å². The van der Waals surface area contributed by atoms with E-state index in [0.29, 0.717) is 16.3 Å². The Hall–Kier alpha value is -2.35. The molecular weight excluding hydrogens is 274 g/mol. The second kappa shape index (κ2) is 4.97. The van der Waals surface area contributed by atoms with E-state index in [-0.39, 0.29) is 0 Å². The number of terminal acetylenes is 1. The quantitative estimate of drug-likeness (QED) is 0.736. The van der Waals surface area contributed by atoms with Crippen molar-refractivity contribution in [2.24, 2.45) is 0 Å². The van der Waals surface area contributed by atoms with Gasteiger partial charge in [-0.1, -0.05) is 29.7 Å². The van der Waals surface area contributed by atoms with Crippen LogP contribution in [0.5, 0.6) is 0 Å². The third kappa shape index (κ3) is 2.03. The van der Waals surface area contributed by atoms with E-state index >= 15 is 0 Å². The molecule has 1 N–H and O–H groups in total. The summed E-state index contributed by atoms with van der Waals surface area (Å²) in [5.41, 5.74) is 2.70. The molecule has 3 rings (SSSR count). The summed E-state index contributed by atoms with van der Waals surface area (Å²) in [5.74, 6) is 2.33. The van der Waals surface area contributed by atoms with Crippen molar-refractivity contribution >= 4 is 17.1 Å². The monoisotopic (exact) mass is 283 g/mol. The molecule has 0 saturated heterocycles. The van der Waals surface area contributed by atoms with Crippen LogP contribution < -0.4 is 0 Å². The normalized spacial score (nSPS) is 12.2. The molecule has 0 bridgehead atoms. The molecule has 1 atom stereocenters. The Morgan fingerprint density at radius 3 is 2.95 bits per heavy atom. The lowest BCUT2D eigenvalue weighted by Crippen LogP contribution is -1.95. The van der Waals surface area contributed by atoms with Gasteiger partial charge in [-0.2, -0.15) is 5.10 Å². The second-order valence-electron chi connectivity index (χ2n) is 4.25. The van der Waals surface area contributed by atoms with E-state index in [1.807, 2.05) is 12.1 Å². The Balaban J connectivity index is 2.32. The third-order valence-corrected chi connectivity index (χ3v) is 3.24. The fourth-order valence-electron chi connectivity index (χ4n) is 2.13. The lowest BCUT2D eigenvalue weighted by Gasteiger charge is -2.05. The molecular formula is C15H10ClN3O. The molecule has 0 aliphatic heterocycles. The largest absolute Gasteiger partial charge is 0.376 e. The molecule has 0 fully saturated rings. The molecule has 1 unspecified atom stereocenters. The summed E-state index contributed by atoms with van der Waals surface area (Å²) in [6.07, 6.45) is 7.51. The van der Waals surface area contributed by atoms with Crippen molar-refractivity contribution < 1.29 is 5.11 Å². The van der Waals surface area contributed by atoms with Gasteiger partial charge in [0.1, 0.15) is 18.1 Å². The number of hydrogen-bond donors (Lipinski definition) is 1. The number of nitrogens with zero attached hydrogens (tertiary/aromatic N) is 3. The molecule has 5 heteroatoms. The van der Waals surface area contributed by atoms with Crippen LogP contribution in [0.3, 0.4) is 0 Å². The van der Waals surface area contributed by atoms with Gasteiger partial charge in [0.25, 0.3) is 0 Å². The van der Waals surface area contributed by atoms with Gasteiger partial charge in [0.2, 0.25) is 0 Å². The van der Waals surface area contributed by atoms with E-state index in [2.05, 4.69) is 16.0 Å². The Morgan fingerprint density at radius 2 is 2.20 bits per heavy atom. The first-order chi connectivity index (χ1) is 9.70. The number of aliphatic hydroxyl groups is 1. The molecule has 3 aromatic rings. The Kier molecular flexibility index (Phi) is 3.15. The zero-order valence-corrected chi connectivity index (χ0v) is 11.1. The van der Waals surface area contributed by atoms with E-state index in [4.69, 9.17) is 18.0 Å². The molecule has 2 aromatic heterocycles. The van der Waals surface area contributed by atoms with Gasteiger partial charge >= 0.3 is 0 Å². The van der Waals surface area contributed by atoms with Crippen molar-refractivity contribution in [3.8, 4) is 23.6 Å². The molecule has 0 spiro atoms. The van der Waals surface area contributed by atoms with Crippen molar-refractivity contribution in [1.82, 2.24) is 14.6 Å². The van der Waals surface area contributed by atoms with Gasteiger partial charge in [0, 0.05) is 22.3 Å². The number of rotatable bonds is 2. The van der Waals surface area contributed by atoms with Crippen molar-refractivity contribution in [1.29, 1.82) is 0 Å². The van der Waals surface area contributed by atoms with Crippen LogP contribution in [0.2, 0.25) is 5.02 Å². The fraction of sp³-hybridized carbons (Fsp3) is 0.0667. The lowest BCUT2D eigenvalue weighted by molar-refractivity contribution is 0.240. The number of fused-ring (bicyclic) bond motifs is 1. The van der Waals surface area contributed by atoms with Crippen LogP contribution >= 0.6 is 11.6 Å². The summed E-state index contributed by atoms with van der Waals surface area (Å²) in [5, 5.41) is 15.1. The van der Waals surface area contributed by atoms with Gasteiger partial charge in [-0.05, 0) is 18.2 Å². The van der Waals surface area contributed by atoms with Crippen LogP contribution in [-0.4, -0.2) is 19.7 Å². The highest BCUT2D eigenvalue weighted by Gasteiger charge is 2.19. The van der Waals surface area contributed by atoms with Gasteiger partial charge < -0.3 is 5.11 Å². The summed E-state index contributed by atoms with van der Waals surface area (Å²) >= 11 is 6.01. The molecule has 0 aliphatic rings. The summed E-state index contributed by atoms with van der Waals surface area (Å²) in [4.78, 5) is 4.00. The standard InChI is InChI=1S/C15H10ClN3O/c1-2-13(20)14-12-6-7-17-9-19(12)18-15(14)10-4-3-5-11(16)8-10/h1,3-9,13,20H. The predicted octanol–water partition coefficient (Wildman–Crippen LogP) is 2.72. The first-order valence-corrected chi connectivity index (χ1v) is 6.31. The molecule has 1 aromatic carbocycles. The maximum atomic E-state index is 10.1. The summed E-state index contributed by atoms with van der Waals surface area (Å²) in [7, 11) is 0. The van der Waals surface area contributed by atoms with Crippen molar-refractivity contribution in [3.05, 3.63) is 53.4 Å². The van der Waals surface area contributed by atoms with Crippen LogP contribution in [0.4, 0.5) is 0 Å². The Morgan fingerprint density at radius 1 is 1.35 bits per heavy atom. The van der Waals surface area contributed by atoms with Crippen LogP contribution in [0.15, 0.2) is 42.9 Å². The minimum atomic E-state index is -1.04. The molecule has 0 saturated carbocycles. The highest BCUT2D eigenvalue weighted by atomic mass is 35.5. The van der Waals surface area contributed by atoms with E-state index in [1.54, 1.807) is 35.2 Å². The number of hydrogen-bond acceptors (Lipinski definition) is 3. The van der Waals surface area contributed by atoms with E-state index < -0.39 is 6.10 Å². The topological polar surface area (TPSA) is 50.4 Å². The molecule has 20 heavy (non-hydrogen) atoms. The van der Waals surface area contributed by atoms with Gasteiger partial charge in [-0.3, -0.25) is 0 Å². The maximum Gasteiger partial charge on any atom is 0.144 e. The van der Waals surface area contributed by atoms with Crippen molar-refractivity contribution in [2.45, 2.75) is 6.10 Å². The number of benzene rings is 1. The van der Waals surface area contributed by atoms with Crippen LogP contribution in [-0.2, 0) is 0 Å². The number of aromatic nitrogens is 3. The SMILES string of the molecule is C#CC(O)c1c(-c2cccc(Cl)c2)nn2cnccc12. The zero-order chi connectivity index (χ0) is 14.1. The summed E-state index contributed by atoms with van der Waals surface area (Å²) in [6, 6.07) is 9.01. The first kappa shape index (κ1) is 12.7. The van der Waals surface area contributed by atoms with Gasteiger partial charge in [0.15, 0.2) is 0 Å².